The zero-order valence-corrected chi connectivity index (χ0v) is 18.5. The Bertz CT molecular complexity index is 1560. The van der Waals surface area contributed by atoms with Gasteiger partial charge < -0.3 is 14.8 Å². The number of aromatic amines is 1. The molecular weight excluding hydrogens is 432 g/mol. The number of rotatable bonds is 5. The van der Waals surface area contributed by atoms with Crippen molar-refractivity contribution in [3.63, 3.8) is 0 Å². The number of anilines is 1. The van der Waals surface area contributed by atoms with Gasteiger partial charge in [-0.05, 0) is 30.7 Å². The van der Waals surface area contributed by atoms with Gasteiger partial charge in [-0.1, -0.05) is 37.3 Å². The molecule has 1 atom stereocenters. The number of para-hydroxylation sites is 3. The topological polar surface area (TPSA) is 107 Å². The Balaban J connectivity index is 1.40. The third-order valence-corrected chi connectivity index (χ3v) is 5.92. The molecule has 4 heterocycles. The van der Waals surface area contributed by atoms with Gasteiger partial charge >= 0.3 is 0 Å². The summed E-state index contributed by atoms with van der Waals surface area (Å²) in [4.78, 5) is 22.8. The fraction of sp³-hybridized carbons (Fsp3) is 0.200. The largest absolute Gasteiger partial charge is 0.486 e. The van der Waals surface area contributed by atoms with Crippen LogP contribution in [0.15, 0.2) is 65.6 Å². The second-order valence-corrected chi connectivity index (χ2v) is 8.06. The Morgan fingerprint density at radius 2 is 1.91 bits per heavy atom. The molecule has 0 spiro atoms. The minimum Gasteiger partial charge on any atom is -0.486 e. The number of benzene rings is 2. The summed E-state index contributed by atoms with van der Waals surface area (Å²) in [6.45, 7) is 2.85. The van der Waals surface area contributed by atoms with Gasteiger partial charge in [0.05, 0.1) is 23.0 Å². The number of H-pyrrole nitrogens is 1. The highest BCUT2D eigenvalue weighted by Crippen LogP contribution is 2.31. The molecule has 0 bridgehead atoms. The van der Waals surface area contributed by atoms with Crippen LogP contribution in [0.2, 0.25) is 0 Å². The van der Waals surface area contributed by atoms with Crippen LogP contribution < -0.4 is 20.3 Å². The predicted octanol–water partition coefficient (Wildman–Crippen LogP) is 3.47. The monoisotopic (exact) mass is 454 g/mol. The lowest BCUT2D eigenvalue weighted by Crippen LogP contribution is -2.35. The van der Waals surface area contributed by atoms with Crippen molar-refractivity contribution in [2.75, 3.05) is 18.5 Å². The van der Waals surface area contributed by atoms with E-state index in [1.54, 1.807) is 10.8 Å². The number of aryl methyl sites for hydroxylation is 1. The zero-order chi connectivity index (χ0) is 23.1. The molecule has 2 N–H and O–H groups in total. The summed E-state index contributed by atoms with van der Waals surface area (Å²) in [5, 5.41) is 11.9. The SMILES string of the molecule is CCc1[nH]nc2c1c(=O)n(-c1ccccc1)c1nc(NCC3COc4ccccc4O3)ncc21. The van der Waals surface area contributed by atoms with Gasteiger partial charge in [-0.2, -0.15) is 10.1 Å². The molecular formula is C25H22N6O3. The second kappa shape index (κ2) is 8.18. The van der Waals surface area contributed by atoms with E-state index >= 15 is 0 Å². The first-order valence-corrected chi connectivity index (χ1v) is 11.2. The molecule has 0 fully saturated rings. The van der Waals surface area contributed by atoms with Crippen molar-refractivity contribution in [3.8, 4) is 17.2 Å². The third kappa shape index (κ3) is 3.33. The van der Waals surface area contributed by atoms with Crippen LogP contribution in [0.5, 0.6) is 11.5 Å². The van der Waals surface area contributed by atoms with Gasteiger partial charge in [0.2, 0.25) is 5.95 Å². The van der Waals surface area contributed by atoms with Crippen LogP contribution in [0.3, 0.4) is 0 Å². The van der Waals surface area contributed by atoms with E-state index < -0.39 is 0 Å². The van der Waals surface area contributed by atoms with Crippen molar-refractivity contribution in [1.82, 2.24) is 24.7 Å². The number of nitrogens with zero attached hydrogens (tertiary/aromatic N) is 4. The van der Waals surface area contributed by atoms with Crippen LogP contribution in [0.1, 0.15) is 12.6 Å². The Labute approximate surface area is 194 Å². The standard InChI is InChI=1S/C25H22N6O3/c1-2-18-21-22(30-29-18)17-13-27-25(26-12-16-14-33-19-10-6-7-11-20(19)34-16)28-23(17)31(24(21)32)15-8-4-3-5-9-15/h3-11,13,16H,2,12,14H2,1H3,(H,29,30)(H,26,27,28). The van der Waals surface area contributed by atoms with Crippen LogP contribution >= 0.6 is 0 Å². The lowest BCUT2D eigenvalue weighted by Gasteiger charge is -2.26. The van der Waals surface area contributed by atoms with Crippen molar-refractivity contribution in [1.29, 1.82) is 0 Å². The average Bonchev–Trinajstić information content (AvgIpc) is 3.33. The second-order valence-electron chi connectivity index (χ2n) is 8.06. The third-order valence-electron chi connectivity index (χ3n) is 5.92. The van der Waals surface area contributed by atoms with Crippen molar-refractivity contribution in [2.45, 2.75) is 19.4 Å². The lowest BCUT2D eigenvalue weighted by molar-refractivity contribution is 0.0996. The molecule has 0 saturated carbocycles. The van der Waals surface area contributed by atoms with Gasteiger partial charge in [-0.25, -0.2) is 4.98 Å². The highest BCUT2D eigenvalue weighted by Gasteiger charge is 2.22. The molecule has 9 nitrogen and oxygen atoms in total. The van der Waals surface area contributed by atoms with E-state index in [1.807, 2.05) is 61.5 Å². The van der Waals surface area contributed by atoms with Crippen molar-refractivity contribution in [3.05, 3.63) is 76.8 Å². The molecule has 2 aromatic carbocycles. The van der Waals surface area contributed by atoms with Crippen molar-refractivity contribution in [2.24, 2.45) is 0 Å². The summed E-state index contributed by atoms with van der Waals surface area (Å²) in [6, 6.07) is 17.1. The summed E-state index contributed by atoms with van der Waals surface area (Å²) < 4.78 is 13.4. The van der Waals surface area contributed by atoms with E-state index in [-0.39, 0.29) is 11.7 Å². The predicted molar refractivity (Wildman–Crippen MR) is 129 cm³/mol. The number of ether oxygens (including phenoxy) is 2. The highest BCUT2D eigenvalue weighted by molar-refractivity contribution is 6.03. The van der Waals surface area contributed by atoms with Gasteiger partial charge in [0, 0.05) is 11.9 Å². The summed E-state index contributed by atoms with van der Waals surface area (Å²) >= 11 is 0. The first-order chi connectivity index (χ1) is 16.7. The molecule has 0 radical (unpaired) electrons. The fourth-order valence-electron chi connectivity index (χ4n) is 4.25. The van der Waals surface area contributed by atoms with Crippen molar-refractivity contribution >= 4 is 27.9 Å². The molecule has 1 unspecified atom stereocenters. The van der Waals surface area contributed by atoms with E-state index in [0.717, 1.165) is 17.1 Å². The number of fused-ring (bicyclic) bond motifs is 4. The van der Waals surface area contributed by atoms with Crippen LogP contribution in [-0.2, 0) is 6.42 Å². The summed E-state index contributed by atoms with van der Waals surface area (Å²) in [5.41, 5.74) is 2.43. The minimum atomic E-state index is -0.202. The summed E-state index contributed by atoms with van der Waals surface area (Å²) in [5.74, 6) is 1.84. The normalized spacial score (nSPS) is 15.0. The Morgan fingerprint density at radius 1 is 1.12 bits per heavy atom. The minimum absolute atomic E-state index is 0.162. The number of aromatic nitrogens is 5. The average molecular weight is 454 g/mol. The first kappa shape index (κ1) is 20.2. The molecule has 0 amide bonds. The first-order valence-electron chi connectivity index (χ1n) is 11.2. The van der Waals surface area contributed by atoms with Gasteiger partial charge in [0.25, 0.3) is 5.56 Å². The quantitative estimate of drug-likeness (QED) is 0.419. The molecule has 6 rings (SSSR count). The van der Waals surface area contributed by atoms with E-state index in [1.165, 1.54) is 0 Å². The Hall–Kier alpha value is -4.40. The molecule has 0 aliphatic carbocycles. The zero-order valence-electron chi connectivity index (χ0n) is 18.5. The number of hydrogen-bond donors (Lipinski definition) is 2. The van der Waals surface area contributed by atoms with Gasteiger partial charge in [-0.3, -0.25) is 14.5 Å². The van der Waals surface area contributed by atoms with Gasteiger partial charge in [0.1, 0.15) is 18.2 Å². The lowest BCUT2D eigenvalue weighted by atomic mass is 10.1. The molecule has 34 heavy (non-hydrogen) atoms. The number of pyridine rings is 1. The highest BCUT2D eigenvalue weighted by atomic mass is 16.6. The smallest absolute Gasteiger partial charge is 0.268 e. The van der Waals surface area contributed by atoms with Crippen LogP contribution in [0, 0.1) is 0 Å². The molecule has 3 aromatic heterocycles. The number of hydrogen-bond acceptors (Lipinski definition) is 7. The van der Waals surface area contributed by atoms with Gasteiger partial charge in [0.15, 0.2) is 17.1 Å². The van der Waals surface area contributed by atoms with Crippen molar-refractivity contribution < 1.29 is 9.47 Å². The van der Waals surface area contributed by atoms with E-state index in [9.17, 15) is 4.79 Å². The van der Waals surface area contributed by atoms with Gasteiger partial charge in [-0.15, -0.1) is 0 Å². The van der Waals surface area contributed by atoms with Crippen LogP contribution in [0.25, 0.3) is 27.6 Å². The van der Waals surface area contributed by atoms with E-state index in [2.05, 4.69) is 20.5 Å². The molecule has 9 heteroatoms. The Kier molecular flexibility index (Phi) is 4.87. The fourth-order valence-corrected chi connectivity index (χ4v) is 4.25. The molecule has 1 aliphatic rings. The van der Waals surface area contributed by atoms with Crippen LogP contribution in [0.4, 0.5) is 5.95 Å². The van der Waals surface area contributed by atoms with Crippen LogP contribution in [-0.4, -0.2) is 44.0 Å². The molecule has 1 aliphatic heterocycles. The Morgan fingerprint density at radius 3 is 2.74 bits per heavy atom. The summed E-state index contributed by atoms with van der Waals surface area (Å²) in [6.07, 6.45) is 2.17. The maximum atomic E-state index is 13.6. The van der Waals surface area contributed by atoms with E-state index in [0.29, 0.717) is 53.2 Å². The maximum Gasteiger partial charge on any atom is 0.268 e. The molecule has 0 saturated heterocycles. The summed E-state index contributed by atoms with van der Waals surface area (Å²) in [7, 11) is 0. The molecule has 170 valence electrons. The number of nitrogens with one attached hydrogen (secondary N) is 2. The van der Waals surface area contributed by atoms with E-state index in [4.69, 9.17) is 14.5 Å². The molecule has 5 aromatic rings. The maximum absolute atomic E-state index is 13.6.